The van der Waals surface area contributed by atoms with Crippen LogP contribution >= 0.6 is 0 Å². The molecule has 5 heteroatoms. The van der Waals surface area contributed by atoms with E-state index >= 15 is 0 Å². The maximum Gasteiger partial charge on any atom is 0.236 e. The first-order valence-electron chi connectivity index (χ1n) is 6.89. The predicted molar refractivity (Wildman–Crippen MR) is 76.7 cm³/mol. The van der Waals surface area contributed by atoms with Crippen molar-refractivity contribution < 1.29 is 14.3 Å². The van der Waals surface area contributed by atoms with Crippen LogP contribution in [0.3, 0.4) is 0 Å². The number of benzene rings is 1. The van der Waals surface area contributed by atoms with Gasteiger partial charge in [0.2, 0.25) is 5.91 Å². The minimum atomic E-state index is -0.298. The topological polar surface area (TPSA) is 43.8 Å². The molecule has 0 saturated heterocycles. The number of nitrogens with zero attached hydrogens (tertiary/aromatic N) is 2. The van der Waals surface area contributed by atoms with Crippen LogP contribution < -0.4 is 0 Å². The molecule has 0 aliphatic carbocycles. The Kier molecular flexibility index (Phi) is 7.18. The average Bonchev–Trinajstić information content (AvgIpc) is 2.41. The van der Waals surface area contributed by atoms with Gasteiger partial charge in [-0.1, -0.05) is 25.1 Å². The molecule has 0 unspecified atom stereocenters. The van der Waals surface area contributed by atoms with E-state index in [1.54, 1.807) is 25.2 Å². The van der Waals surface area contributed by atoms with Gasteiger partial charge in [0.1, 0.15) is 5.82 Å². The highest BCUT2D eigenvalue weighted by Crippen LogP contribution is 2.09. The van der Waals surface area contributed by atoms with Crippen molar-refractivity contribution in [1.82, 2.24) is 9.80 Å². The molecule has 20 heavy (non-hydrogen) atoms. The lowest BCUT2D eigenvalue weighted by Crippen LogP contribution is -2.39. The van der Waals surface area contributed by atoms with Crippen LogP contribution in [0, 0.1) is 5.82 Å². The lowest BCUT2D eigenvalue weighted by Gasteiger charge is -2.24. The zero-order chi connectivity index (χ0) is 15.0. The van der Waals surface area contributed by atoms with Gasteiger partial charge in [0.25, 0.3) is 0 Å². The largest absolute Gasteiger partial charge is 0.395 e. The molecule has 0 aromatic heterocycles. The lowest BCUT2D eigenvalue weighted by molar-refractivity contribution is -0.131. The molecule has 4 nitrogen and oxygen atoms in total. The molecule has 0 aliphatic heterocycles. The average molecular weight is 282 g/mol. The van der Waals surface area contributed by atoms with Crippen LogP contribution in [-0.2, 0) is 11.3 Å². The van der Waals surface area contributed by atoms with E-state index in [4.69, 9.17) is 5.11 Å². The first kappa shape index (κ1) is 16.6. The predicted octanol–water partition coefficient (Wildman–Crippen LogP) is 1.49. The normalized spacial score (nSPS) is 10.8. The molecule has 1 N–H and O–H groups in total. The highest BCUT2D eigenvalue weighted by molar-refractivity contribution is 5.78. The zero-order valence-electron chi connectivity index (χ0n) is 12.2. The van der Waals surface area contributed by atoms with E-state index in [1.807, 2.05) is 11.8 Å². The van der Waals surface area contributed by atoms with Crippen molar-refractivity contribution >= 4 is 5.91 Å². The van der Waals surface area contributed by atoms with Crippen LogP contribution in [0.5, 0.6) is 0 Å². The molecule has 1 aromatic carbocycles. The maximum absolute atomic E-state index is 13.5. The number of hydrogen-bond donors (Lipinski definition) is 1. The summed E-state index contributed by atoms with van der Waals surface area (Å²) in [5, 5.41) is 8.97. The Morgan fingerprint density at radius 1 is 1.30 bits per heavy atom. The molecule has 0 spiro atoms. The number of aliphatic hydroxyl groups excluding tert-OH is 1. The third-order valence-electron chi connectivity index (χ3n) is 3.11. The van der Waals surface area contributed by atoms with Crippen molar-refractivity contribution in [3.05, 3.63) is 35.6 Å². The summed E-state index contributed by atoms with van der Waals surface area (Å²) < 4.78 is 13.5. The Labute approximate surface area is 119 Å². The van der Waals surface area contributed by atoms with Crippen molar-refractivity contribution in [3.8, 4) is 0 Å². The zero-order valence-corrected chi connectivity index (χ0v) is 12.2. The number of carbonyl (C=O) groups is 1. The fourth-order valence-electron chi connectivity index (χ4n) is 2.01. The highest BCUT2D eigenvalue weighted by atomic mass is 19.1. The quantitative estimate of drug-likeness (QED) is 0.785. The van der Waals surface area contributed by atoms with Gasteiger partial charge in [0.15, 0.2) is 0 Å². The third-order valence-corrected chi connectivity index (χ3v) is 3.11. The van der Waals surface area contributed by atoms with Gasteiger partial charge in [0, 0.05) is 25.7 Å². The number of carbonyl (C=O) groups excluding carboxylic acids is 1. The first-order chi connectivity index (χ1) is 9.58. The van der Waals surface area contributed by atoms with Gasteiger partial charge < -0.3 is 10.0 Å². The Bertz CT molecular complexity index is 420. The van der Waals surface area contributed by atoms with Crippen LogP contribution in [0.15, 0.2) is 24.3 Å². The number of amides is 1. The van der Waals surface area contributed by atoms with Crippen molar-refractivity contribution in [1.29, 1.82) is 0 Å². The molecule has 0 atom stereocenters. The van der Waals surface area contributed by atoms with Gasteiger partial charge in [-0.05, 0) is 19.0 Å². The number of rotatable bonds is 8. The molecular formula is C15H23FN2O2. The molecule has 0 aliphatic rings. The summed E-state index contributed by atoms with van der Waals surface area (Å²) in [7, 11) is 1.66. The number of hydrogen-bond acceptors (Lipinski definition) is 3. The van der Waals surface area contributed by atoms with Crippen LogP contribution in [0.4, 0.5) is 4.39 Å². The van der Waals surface area contributed by atoms with E-state index in [0.29, 0.717) is 12.1 Å². The second-order valence-corrected chi connectivity index (χ2v) is 4.84. The van der Waals surface area contributed by atoms with Crippen LogP contribution in [-0.4, -0.2) is 54.1 Å². The van der Waals surface area contributed by atoms with Gasteiger partial charge in [-0.3, -0.25) is 9.69 Å². The molecule has 1 aromatic rings. The van der Waals surface area contributed by atoms with Crippen LogP contribution in [0.25, 0.3) is 0 Å². The maximum atomic E-state index is 13.5. The summed E-state index contributed by atoms with van der Waals surface area (Å²) in [6, 6.07) is 6.45. The Balaban J connectivity index is 2.56. The second-order valence-electron chi connectivity index (χ2n) is 4.84. The Morgan fingerprint density at radius 3 is 2.60 bits per heavy atom. The summed E-state index contributed by atoms with van der Waals surface area (Å²) in [4.78, 5) is 15.5. The fraction of sp³-hybridized carbons (Fsp3) is 0.533. The molecule has 0 fully saturated rings. The van der Waals surface area contributed by atoms with Gasteiger partial charge >= 0.3 is 0 Å². The summed E-state index contributed by atoms with van der Waals surface area (Å²) in [5.41, 5.74) is 0.507. The SMILES string of the molecule is CCCN(CCO)CC(=O)N(C)Cc1ccccc1F. The molecule has 0 heterocycles. The molecule has 1 amide bonds. The van der Waals surface area contributed by atoms with Gasteiger partial charge in [-0.25, -0.2) is 4.39 Å². The standard InChI is InChI=1S/C15H23FN2O2/c1-3-8-18(9-10-19)12-15(20)17(2)11-13-6-4-5-7-14(13)16/h4-7,19H,3,8-12H2,1-2H3. The van der Waals surface area contributed by atoms with E-state index in [0.717, 1.165) is 13.0 Å². The number of halogens is 1. The molecule has 0 bridgehead atoms. The second kappa shape index (κ2) is 8.66. The van der Waals surface area contributed by atoms with Gasteiger partial charge in [0.05, 0.1) is 13.2 Å². The fourth-order valence-corrected chi connectivity index (χ4v) is 2.01. The molecule has 112 valence electrons. The van der Waals surface area contributed by atoms with Crippen LogP contribution in [0.1, 0.15) is 18.9 Å². The Hall–Kier alpha value is -1.46. The number of aliphatic hydroxyl groups is 1. The highest BCUT2D eigenvalue weighted by Gasteiger charge is 2.15. The number of likely N-dealkylation sites (N-methyl/N-ethyl adjacent to an activating group) is 1. The van der Waals surface area contributed by atoms with Crippen LogP contribution in [0.2, 0.25) is 0 Å². The van der Waals surface area contributed by atoms with E-state index in [9.17, 15) is 9.18 Å². The summed E-state index contributed by atoms with van der Waals surface area (Å²) in [6.45, 7) is 3.80. The Morgan fingerprint density at radius 2 is 2.00 bits per heavy atom. The van der Waals surface area contributed by atoms with Gasteiger partial charge in [-0.2, -0.15) is 0 Å². The smallest absolute Gasteiger partial charge is 0.236 e. The first-order valence-corrected chi connectivity index (χ1v) is 6.89. The van der Waals surface area contributed by atoms with E-state index in [2.05, 4.69) is 0 Å². The summed E-state index contributed by atoms with van der Waals surface area (Å²) in [5.74, 6) is -0.372. The van der Waals surface area contributed by atoms with Crippen molar-refractivity contribution in [2.75, 3.05) is 33.3 Å². The minimum absolute atomic E-state index is 0.0321. The van der Waals surface area contributed by atoms with E-state index < -0.39 is 0 Å². The summed E-state index contributed by atoms with van der Waals surface area (Å²) in [6.07, 6.45) is 0.921. The van der Waals surface area contributed by atoms with Crippen molar-refractivity contribution in [2.24, 2.45) is 0 Å². The molecule has 0 radical (unpaired) electrons. The van der Waals surface area contributed by atoms with E-state index in [-0.39, 0.29) is 31.4 Å². The monoisotopic (exact) mass is 282 g/mol. The lowest BCUT2D eigenvalue weighted by atomic mass is 10.2. The third kappa shape index (κ3) is 5.27. The molecular weight excluding hydrogens is 259 g/mol. The molecule has 1 rings (SSSR count). The van der Waals surface area contributed by atoms with E-state index in [1.165, 1.54) is 11.0 Å². The molecule has 0 saturated carbocycles. The minimum Gasteiger partial charge on any atom is -0.395 e. The van der Waals surface area contributed by atoms with Crippen molar-refractivity contribution in [3.63, 3.8) is 0 Å². The summed E-state index contributed by atoms with van der Waals surface area (Å²) >= 11 is 0. The van der Waals surface area contributed by atoms with Gasteiger partial charge in [-0.15, -0.1) is 0 Å². The van der Waals surface area contributed by atoms with Crippen molar-refractivity contribution in [2.45, 2.75) is 19.9 Å².